The molecule has 4 aliphatic rings. The summed E-state index contributed by atoms with van der Waals surface area (Å²) in [6.07, 6.45) is 12.1. The number of amides is 1. The van der Waals surface area contributed by atoms with Gasteiger partial charge in [0.15, 0.2) is 5.82 Å². The molecule has 3 aromatic carbocycles. The molecule has 4 fully saturated rings. The van der Waals surface area contributed by atoms with Crippen molar-refractivity contribution in [1.82, 2.24) is 39.3 Å². The number of pyridine rings is 1. The quantitative estimate of drug-likeness (QED) is 0.0563. The van der Waals surface area contributed by atoms with Gasteiger partial charge in [-0.3, -0.25) is 29.4 Å². The van der Waals surface area contributed by atoms with E-state index in [1.54, 1.807) is 35.4 Å². The van der Waals surface area contributed by atoms with E-state index < -0.39 is 37.0 Å². The van der Waals surface area contributed by atoms with Crippen LogP contribution in [0.25, 0.3) is 11.0 Å². The van der Waals surface area contributed by atoms with Gasteiger partial charge < -0.3 is 25.0 Å². The summed E-state index contributed by atoms with van der Waals surface area (Å²) in [6, 6.07) is 22.0. The summed E-state index contributed by atoms with van der Waals surface area (Å²) in [6.45, 7) is 12.0. The number of piperidine rings is 1. The Morgan fingerprint density at radius 1 is 0.986 bits per heavy atom. The van der Waals surface area contributed by atoms with Crippen molar-refractivity contribution in [3.63, 3.8) is 0 Å². The van der Waals surface area contributed by atoms with Crippen molar-refractivity contribution in [1.29, 1.82) is 0 Å². The molecule has 380 valence electrons. The van der Waals surface area contributed by atoms with Gasteiger partial charge >= 0.3 is 0 Å². The number of benzene rings is 3. The lowest BCUT2D eigenvalue weighted by molar-refractivity contribution is -0.384. The first kappa shape index (κ1) is 49.2. The second-order valence-electron chi connectivity index (χ2n) is 21.2. The SMILES string of the molecule is CC(C)c1ccccc1C1CN(Cc2ncn(C)n2)CCN1C1CC2(CCN(c3ccc(C(=O)NS(=O)(=O)c4ccc(NCC5CCC(C)(O)CC5)c([N+](=O)[O-])c4)c(Oc4cnc5[nH]ccc5c4)c3)CC2)C1. The minimum atomic E-state index is -4.59. The fraction of sp³-hybridized carbons (Fsp3) is 0.472. The Morgan fingerprint density at radius 3 is 2.50 bits per heavy atom. The zero-order valence-corrected chi connectivity index (χ0v) is 42.3. The fourth-order valence-corrected chi connectivity index (χ4v) is 12.6. The number of nitro benzene ring substituents is 1. The molecule has 1 unspecified atom stereocenters. The van der Waals surface area contributed by atoms with Crippen molar-refractivity contribution >= 4 is 44.0 Å². The highest BCUT2D eigenvalue weighted by molar-refractivity contribution is 7.90. The molecule has 2 aliphatic heterocycles. The minimum Gasteiger partial charge on any atom is -0.455 e. The van der Waals surface area contributed by atoms with Crippen LogP contribution in [0.2, 0.25) is 0 Å². The molecular formula is C53H65N11O7S. The number of H-pyrrole nitrogens is 1. The summed E-state index contributed by atoms with van der Waals surface area (Å²) >= 11 is 0. The van der Waals surface area contributed by atoms with Gasteiger partial charge in [0, 0.05) is 87.8 Å². The highest BCUT2D eigenvalue weighted by atomic mass is 32.2. The first-order chi connectivity index (χ1) is 34.5. The van der Waals surface area contributed by atoms with Crippen LogP contribution in [-0.2, 0) is 23.6 Å². The largest absolute Gasteiger partial charge is 0.455 e. The first-order valence-corrected chi connectivity index (χ1v) is 26.7. The van der Waals surface area contributed by atoms with Crippen molar-refractivity contribution < 1.29 is 28.0 Å². The number of rotatable bonds is 15. The molecule has 0 radical (unpaired) electrons. The Kier molecular flexibility index (Phi) is 13.6. The predicted octanol–water partition coefficient (Wildman–Crippen LogP) is 8.30. The molecule has 6 aromatic rings. The number of carbonyl (C=O) groups excluding carboxylic acids is 1. The number of carbonyl (C=O) groups is 1. The number of nitrogens with zero attached hydrogens (tertiary/aromatic N) is 8. The standard InChI is InChI=1S/C53H65N11O7S/c1-35(2)42-7-5-6-8-43(42)47-32-61(33-49-57-34-60(4)58-49)23-24-63(47)39-28-53(29-39)18-21-62(22-19-53)38-9-11-44(48(26-38)71-40-25-37-15-20-54-50(37)56-31-40)51(65)59-72(69,70)41-10-12-45(46(27-41)64(67)68)55-30-36-13-16-52(3,66)17-14-36/h5-12,15,20,25-27,31,34-36,39,47,55,66H,13-14,16-19,21-24,28-30,32-33H2,1-4H3,(H,54,56)(H,59,65). The number of hydrogen-bond acceptors (Lipinski definition) is 14. The number of fused-ring (bicyclic) bond motifs is 1. The average molecular weight is 1000 g/mol. The highest BCUT2D eigenvalue weighted by Crippen LogP contribution is 2.53. The monoisotopic (exact) mass is 999 g/mol. The van der Waals surface area contributed by atoms with Gasteiger partial charge in [-0.1, -0.05) is 38.1 Å². The number of aromatic nitrogens is 5. The number of ether oxygens (including phenoxy) is 1. The number of nitro groups is 1. The van der Waals surface area contributed by atoms with Crippen LogP contribution in [0, 0.1) is 21.4 Å². The van der Waals surface area contributed by atoms with Crippen LogP contribution >= 0.6 is 0 Å². The molecule has 1 atom stereocenters. The van der Waals surface area contributed by atoms with Crippen LogP contribution in [0.5, 0.6) is 11.5 Å². The highest BCUT2D eigenvalue weighted by Gasteiger charge is 2.50. The fourth-order valence-electron chi connectivity index (χ4n) is 11.6. The van der Waals surface area contributed by atoms with Crippen LogP contribution in [0.3, 0.4) is 0 Å². The molecule has 4 N–H and O–H groups in total. The predicted molar refractivity (Wildman–Crippen MR) is 275 cm³/mol. The van der Waals surface area contributed by atoms with E-state index in [-0.39, 0.29) is 34.4 Å². The normalized spacial score (nSPS) is 22.0. The number of piperazine rings is 1. The molecule has 19 heteroatoms. The maximum Gasteiger partial charge on any atom is 0.293 e. The molecule has 18 nitrogen and oxygen atoms in total. The summed E-state index contributed by atoms with van der Waals surface area (Å²) in [7, 11) is -2.68. The number of anilines is 2. The van der Waals surface area contributed by atoms with E-state index in [9.17, 15) is 28.4 Å². The maximum atomic E-state index is 14.1. The molecule has 2 aliphatic carbocycles. The Labute approximate surface area is 420 Å². The first-order valence-electron chi connectivity index (χ1n) is 25.2. The number of aliphatic hydroxyl groups is 1. The van der Waals surface area contributed by atoms with Gasteiger partial charge in [0.25, 0.3) is 21.6 Å². The lowest BCUT2D eigenvalue weighted by atomic mass is 9.59. The average Bonchev–Trinajstić information content (AvgIpc) is 4.00. The van der Waals surface area contributed by atoms with Crippen LogP contribution in [0.1, 0.15) is 111 Å². The van der Waals surface area contributed by atoms with Gasteiger partial charge in [0.05, 0.1) is 33.7 Å². The molecule has 0 bridgehead atoms. The molecule has 2 saturated carbocycles. The summed E-state index contributed by atoms with van der Waals surface area (Å²) in [5.74, 6) is 0.999. The van der Waals surface area contributed by atoms with Gasteiger partial charge in [-0.25, -0.2) is 23.1 Å². The second-order valence-corrected chi connectivity index (χ2v) is 22.9. The number of sulfonamides is 1. The van der Waals surface area contributed by atoms with Gasteiger partial charge in [-0.05, 0) is 123 Å². The van der Waals surface area contributed by atoms with E-state index in [1.165, 1.54) is 29.5 Å². The summed E-state index contributed by atoms with van der Waals surface area (Å²) < 4.78 is 38.0. The van der Waals surface area contributed by atoms with Crippen LogP contribution in [0.15, 0.2) is 96.4 Å². The van der Waals surface area contributed by atoms with Crippen LogP contribution in [-0.4, -0.2) is 110 Å². The van der Waals surface area contributed by atoms with Crippen LogP contribution < -0.4 is 19.7 Å². The smallest absolute Gasteiger partial charge is 0.293 e. The summed E-state index contributed by atoms with van der Waals surface area (Å²) in [5, 5.41) is 31.1. The Bertz CT molecular complexity index is 3060. The molecule has 72 heavy (non-hydrogen) atoms. The molecule has 1 amide bonds. The Hall–Kier alpha value is -6.41. The molecule has 3 aromatic heterocycles. The van der Waals surface area contributed by atoms with E-state index in [4.69, 9.17) is 4.74 Å². The van der Waals surface area contributed by atoms with E-state index in [0.29, 0.717) is 42.7 Å². The van der Waals surface area contributed by atoms with Crippen molar-refractivity contribution in [2.24, 2.45) is 18.4 Å². The van der Waals surface area contributed by atoms with Crippen molar-refractivity contribution in [3.05, 3.63) is 124 Å². The lowest BCUT2D eigenvalue weighted by Gasteiger charge is -2.58. The third-order valence-corrected chi connectivity index (χ3v) is 17.1. The lowest BCUT2D eigenvalue weighted by Crippen LogP contribution is -2.60. The van der Waals surface area contributed by atoms with Gasteiger partial charge in [-0.15, -0.1) is 0 Å². The minimum absolute atomic E-state index is 0.0314. The molecule has 1 spiro atoms. The topological polar surface area (TPSA) is 217 Å². The zero-order valence-electron chi connectivity index (χ0n) is 41.5. The number of aromatic amines is 1. The summed E-state index contributed by atoms with van der Waals surface area (Å²) in [5.41, 5.74) is 3.53. The Morgan fingerprint density at radius 2 is 1.76 bits per heavy atom. The zero-order chi connectivity index (χ0) is 50.4. The molecule has 2 saturated heterocycles. The van der Waals surface area contributed by atoms with E-state index in [0.717, 1.165) is 101 Å². The maximum absolute atomic E-state index is 14.1. The Balaban J connectivity index is 0.833. The number of hydrogen-bond donors (Lipinski definition) is 4. The van der Waals surface area contributed by atoms with Gasteiger partial charge in [0.1, 0.15) is 29.2 Å². The van der Waals surface area contributed by atoms with Gasteiger partial charge in [-0.2, -0.15) is 5.10 Å². The van der Waals surface area contributed by atoms with Crippen molar-refractivity contribution in [3.8, 4) is 11.5 Å². The van der Waals surface area contributed by atoms with Crippen molar-refractivity contribution in [2.75, 3.05) is 49.5 Å². The molecular weight excluding hydrogens is 935 g/mol. The number of nitrogens with one attached hydrogen (secondary N) is 3. The van der Waals surface area contributed by atoms with Gasteiger partial charge in [0.2, 0.25) is 0 Å². The molecule has 10 rings (SSSR count). The van der Waals surface area contributed by atoms with E-state index in [2.05, 4.69) is 82.9 Å². The third kappa shape index (κ3) is 10.6. The number of aryl methyl sites for hydroxylation is 1. The second kappa shape index (κ2) is 19.9. The van der Waals surface area contributed by atoms with Crippen LogP contribution in [0.4, 0.5) is 17.1 Å². The van der Waals surface area contributed by atoms with E-state index >= 15 is 0 Å². The summed E-state index contributed by atoms with van der Waals surface area (Å²) in [4.78, 5) is 44.9. The van der Waals surface area contributed by atoms with E-state index in [1.807, 2.05) is 26.1 Å². The third-order valence-electron chi connectivity index (χ3n) is 15.8. The van der Waals surface area contributed by atoms with Crippen molar-refractivity contribution in [2.45, 2.75) is 107 Å². The molecule has 5 heterocycles.